The third kappa shape index (κ3) is 6.64. The van der Waals surface area contributed by atoms with Gasteiger partial charge in [0.1, 0.15) is 16.9 Å². The van der Waals surface area contributed by atoms with Gasteiger partial charge in [-0.2, -0.15) is 0 Å². The van der Waals surface area contributed by atoms with Gasteiger partial charge in [-0.3, -0.25) is 19.5 Å². The molecule has 0 radical (unpaired) electrons. The highest BCUT2D eigenvalue weighted by Crippen LogP contribution is 2.26. The van der Waals surface area contributed by atoms with Crippen molar-refractivity contribution in [3.05, 3.63) is 69.4 Å². The largest absolute Gasteiger partial charge is 0.505 e. The first-order valence-electron chi connectivity index (χ1n) is 12.4. The van der Waals surface area contributed by atoms with Gasteiger partial charge in [-0.25, -0.2) is 9.18 Å². The molecule has 0 aliphatic carbocycles. The molecule has 0 bridgehead atoms. The van der Waals surface area contributed by atoms with Crippen molar-refractivity contribution in [3.8, 4) is 5.75 Å². The van der Waals surface area contributed by atoms with Crippen molar-refractivity contribution in [2.45, 2.75) is 19.4 Å². The number of hydrogen-bond acceptors (Lipinski definition) is 7. The number of pyridine rings is 2. The molecular formula is C26H30FN5O6. The minimum absolute atomic E-state index is 0.0428. The van der Waals surface area contributed by atoms with Gasteiger partial charge >= 0.3 is 6.09 Å². The van der Waals surface area contributed by atoms with Crippen molar-refractivity contribution in [1.29, 1.82) is 0 Å². The molecule has 0 saturated carbocycles. The molecule has 1 fully saturated rings. The van der Waals surface area contributed by atoms with Gasteiger partial charge in [0.2, 0.25) is 0 Å². The van der Waals surface area contributed by atoms with Crippen LogP contribution in [0, 0.1) is 5.82 Å². The second kappa shape index (κ2) is 12.5. The maximum Gasteiger partial charge on any atom is 0.404 e. The van der Waals surface area contributed by atoms with Gasteiger partial charge < -0.3 is 30.2 Å². The van der Waals surface area contributed by atoms with Crippen LogP contribution in [0.2, 0.25) is 0 Å². The van der Waals surface area contributed by atoms with Crippen LogP contribution in [-0.4, -0.2) is 82.6 Å². The molecule has 2 aromatic heterocycles. The van der Waals surface area contributed by atoms with Crippen molar-refractivity contribution in [1.82, 2.24) is 25.1 Å². The Bertz CT molecular complexity index is 1350. The zero-order valence-electron chi connectivity index (χ0n) is 20.8. The fourth-order valence-electron chi connectivity index (χ4n) is 4.40. The van der Waals surface area contributed by atoms with E-state index in [1.54, 1.807) is 18.2 Å². The number of rotatable bonds is 10. The molecule has 0 spiro atoms. The number of ether oxygens (including phenoxy) is 1. The molecule has 4 rings (SSSR count). The van der Waals surface area contributed by atoms with Crippen molar-refractivity contribution in [2.75, 3.05) is 45.9 Å². The second-order valence-corrected chi connectivity index (χ2v) is 8.99. The predicted octanol–water partition coefficient (Wildman–Crippen LogP) is 1.55. The molecule has 3 heterocycles. The van der Waals surface area contributed by atoms with E-state index in [0.717, 1.165) is 25.2 Å². The first-order valence-corrected chi connectivity index (χ1v) is 12.4. The molecule has 4 N–H and O–H groups in total. The minimum Gasteiger partial charge on any atom is -0.505 e. The molecule has 1 aliphatic heterocycles. The number of aromatic hydroxyl groups is 1. The number of carboxylic acid groups (broad SMARTS) is 1. The lowest BCUT2D eigenvalue weighted by Crippen LogP contribution is -2.39. The number of morpholine rings is 1. The Kier molecular flexibility index (Phi) is 8.87. The van der Waals surface area contributed by atoms with Crippen LogP contribution in [0.25, 0.3) is 11.0 Å². The lowest BCUT2D eigenvalue weighted by molar-refractivity contribution is 0.0374. The first-order chi connectivity index (χ1) is 18.3. The summed E-state index contributed by atoms with van der Waals surface area (Å²) in [6, 6.07) is 7.60. The number of amides is 2. The smallest absolute Gasteiger partial charge is 0.404 e. The van der Waals surface area contributed by atoms with Crippen LogP contribution in [0.1, 0.15) is 27.9 Å². The Hall–Kier alpha value is -4.03. The lowest BCUT2D eigenvalue weighted by atomic mass is 10.1. The third-order valence-corrected chi connectivity index (χ3v) is 6.34. The molecule has 0 unspecified atom stereocenters. The summed E-state index contributed by atoms with van der Waals surface area (Å²) in [6.07, 6.45) is 1.30. The maximum atomic E-state index is 13.4. The fraction of sp³-hybridized carbons (Fsp3) is 0.385. The summed E-state index contributed by atoms with van der Waals surface area (Å²) >= 11 is 0. The van der Waals surface area contributed by atoms with Crippen LogP contribution in [0.5, 0.6) is 5.75 Å². The lowest BCUT2D eigenvalue weighted by Gasteiger charge is -2.26. The quantitative estimate of drug-likeness (QED) is 0.291. The zero-order chi connectivity index (χ0) is 27.1. The fourth-order valence-corrected chi connectivity index (χ4v) is 4.40. The number of halogens is 1. The highest BCUT2D eigenvalue weighted by atomic mass is 19.1. The summed E-state index contributed by atoms with van der Waals surface area (Å²) in [5.41, 5.74) is 0.588. The maximum absolute atomic E-state index is 13.4. The van der Waals surface area contributed by atoms with E-state index in [0.29, 0.717) is 38.2 Å². The van der Waals surface area contributed by atoms with E-state index < -0.39 is 28.9 Å². The van der Waals surface area contributed by atoms with Crippen LogP contribution >= 0.6 is 0 Å². The molecule has 12 heteroatoms. The number of aromatic nitrogens is 2. The van der Waals surface area contributed by atoms with E-state index in [1.165, 1.54) is 22.9 Å². The summed E-state index contributed by atoms with van der Waals surface area (Å²) in [5.74, 6) is -1.62. The first kappa shape index (κ1) is 27.0. The molecule has 1 aromatic carbocycles. The summed E-state index contributed by atoms with van der Waals surface area (Å²) in [4.78, 5) is 43.8. The number of nitrogens with zero attached hydrogens (tertiary/aromatic N) is 3. The molecule has 38 heavy (non-hydrogen) atoms. The number of benzene rings is 1. The minimum atomic E-state index is -1.26. The summed E-state index contributed by atoms with van der Waals surface area (Å²) in [7, 11) is 0. The van der Waals surface area contributed by atoms with Gasteiger partial charge in [-0.05, 0) is 48.7 Å². The van der Waals surface area contributed by atoms with Gasteiger partial charge in [-0.15, -0.1) is 0 Å². The molecule has 202 valence electrons. The van der Waals surface area contributed by atoms with Crippen molar-refractivity contribution < 1.29 is 28.9 Å². The van der Waals surface area contributed by atoms with Crippen molar-refractivity contribution >= 4 is 23.0 Å². The van der Waals surface area contributed by atoms with E-state index in [2.05, 4.69) is 20.5 Å². The van der Waals surface area contributed by atoms with Crippen LogP contribution < -0.4 is 16.2 Å². The number of hydrogen-bond donors (Lipinski definition) is 4. The average molecular weight is 528 g/mol. The molecule has 2 amide bonds. The highest BCUT2D eigenvalue weighted by molar-refractivity contribution is 6.01. The third-order valence-electron chi connectivity index (χ3n) is 6.34. The molecule has 11 nitrogen and oxygen atoms in total. The molecule has 0 atom stereocenters. The van der Waals surface area contributed by atoms with Crippen molar-refractivity contribution in [3.63, 3.8) is 0 Å². The van der Waals surface area contributed by atoms with Gasteiger partial charge in [0.25, 0.3) is 11.5 Å². The summed E-state index contributed by atoms with van der Waals surface area (Å²) in [5, 5.41) is 24.8. The van der Waals surface area contributed by atoms with Crippen LogP contribution in [-0.2, 0) is 17.7 Å². The highest BCUT2D eigenvalue weighted by Gasteiger charge is 2.23. The summed E-state index contributed by atoms with van der Waals surface area (Å²) in [6.45, 7) is 3.87. The number of fused-ring (bicyclic) bond motifs is 1. The second-order valence-electron chi connectivity index (χ2n) is 8.99. The van der Waals surface area contributed by atoms with Crippen LogP contribution in [0.3, 0.4) is 0 Å². The van der Waals surface area contributed by atoms with Crippen LogP contribution in [0.15, 0.2) is 41.3 Å². The monoisotopic (exact) mass is 527 g/mol. The van der Waals surface area contributed by atoms with E-state index in [4.69, 9.17) is 9.84 Å². The van der Waals surface area contributed by atoms with E-state index in [9.17, 15) is 23.9 Å². The van der Waals surface area contributed by atoms with Gasteiger partial charge in [0, 0.05) is 38.9 Å². The van der Waals surface area contributed by atoms with Gasteiger partial charge in [0.15, 0.2) is 5.75 Å². The van der Waals surface area contributed by atoms with Gasteiger partial charge in [-0.1, -0.05) is 12.1 Å². The predicted molar refractivity (Wildman–Crippen MR) is 137 cm³/mol. The molecular weight excluding hydrogens is 497 g/mol. The SMILES string of the molecule is O=C(O)NCCn1c(=O)c(C(=O)NCCCN2CCOCC2)c(O)c2ncc(Cc3ccc(F)cc3)cc21. The average Bonchev–Trinajstić information content (AvgIpc) is 2.90. The Balaban J connectivity index is 1.59. The Morgan fingerprint density at radius 3 is 2.50 bits per heavy atom. The summed E-state index contributed by atoms with van der Waals surface area (Å²) < 4.78 is 19.8. The van der Waals surface area contributed by atoms with Crippen LogP contribution in [0.4, 0.5) is 9.18 Å². The molecule has 1 saturated heterocycles. The topological polar surface area (TPSA) is 146 Å². The Labute approximate surface area is 217 Å². The van der Waals surface area contributed by atoms with E-state index in [-0.39, 0.29) is 29.9 Å². The standard InChI is InChI=1S/C26H30FN5O6/c27-19-4-2-17(3-5-19)14-18-15-20-22(30-16-18)23(33)21(25(35)32(20)9-7-29-26(36)37)24(34)28-6-1-8-31-10-12-38-13-11-31/h2-5,15-16,29,33H,1,6-14H2,(H,28,34)(H,36,37). The van der Waals surface area contributed by atoms with E-state index >= 15 is 0 Å². The Morgan fingerprint density at radius 1 is 1.05 bits per heavy atom. The Morgan fingerprint density at radius 2 is 1.79 bits per heavy atom. The number of carbonyl (C=O) groups excluding carboxylic acids is 1. The normalized spacial score (nSPS) is 13.9. The molecule has 3 aromatic rings. The number of carbonyl (C=O) groups is 2. The number of nitrogens with one attached hydrogen (secondary N) is 2. The van der Waals surface area contributed by atoms with Gasteiger partial charge in [0.05, 0.1) is 18.7 Å². The van der Waals surface area contributed by atoms with Crippen molar-refractivity contribution in [2.24, 2.45) is 0 Å². The zero-order valence-corrected chi connectivity index (χ0v) is 20.8. The molecule has 1 aliphatic rings. The van der Waals surface area contributed by atoms with E-state index in [1.807, 2.05) is 0 Å².